The van der Waals surface area contributed by atoms with Crippen molar-refractivity contribution in [3.63, 3.8) is 0 Å². The minimum Gasteiger partial charge on any atom is -0.468 e. The third-order valence-corrected chi connectivity index (χ3v) is 2.74. The van der Waals surface area contributed by atoms with E-state index in [1.165, 1.54) is 14.2 Å². The fraction of sp³-hybridized carbons (Fsp3) is 0.600. The number of esters is 2. The van der Waals surface area contributed by atoms with Crippen LogP contribution in [0.4, 0.5) is 0 Å². The highest BCUT2D eigenvalue weighted by Gasteiger charge is 2.47. The van der Waals surface area contributed by atoms with Crippen molar-refractivity contribution in [3.05, 3.63) is 12.2 Å². The average molecular weight is 282 g/mol. The molecule has 0 fully saturated rings. The molecular weight excluding hydrogens is 260 g/mol. The minimum absolute atomic E-state index is 0.0670. The summed E-state index contributed by atoms with van der Waals surface area (Å²) in [6.07, 6.45) is 4.31. The zero-order valence-electron chi connectivity index (χ0n) is 12.5. The number of allylic oxidation sites excluding steroid dienone is 1. The first-order valence-electron chi connectivity index (χ1n) is 6.35. The summed E-state index contributed by atoms with van der Waals surface area (Å²) in [6.45, 7) is 2.29. The summed E-state index contributed by atoms with van der Waals surface area (Å²) in [5.41, 5.74) is -1.42. The van der Waals surface area contributed by atoms with Crippen molar-refractivity contribution in [2.24, 2.45) is 5.41 Å². The molecule has 0 N–H and O–H groups in total. The van der Waals surface area contributed by atoms with E-state index >= 15 is 0 Å². The van der Waals surface area contributed by atoms with Gasteiger partial charge in [0.15, 0.2) is 5.41 Å². The van der Waals surface area contributed by atoms with E-state index in [1.54, 1.807) is 19.3 Å². The Bertz CT molecular complexity index is 384. The lowest BCUT2D eigenvalue weighted by molar-refractivity contribution is -0.168. The maximum absolute atomic E-state index is 12.0. The largest absolute Gasteiger partial charge is 0.468 e. The number of carbonyl (C=O) groups excluding carboxylic acids is 2. The van der Waals surface area contributed by atoms with E-state index in [0.717, 1.165) is 0 Å². The van der Waals surface area contributed by atoms with Crippen LogP contribution in [0.15, 0.2) is 12.2 Å². The van der Waals surface area contributed by atoms with E-state index in [1.807, 2.05) is 6.92 Å². The number of carbonyl (C=O) groups is 2. The van der Waals surface area contributed by atoms with Crippen LogP contribution in [0, 0.1) is 17.3 Å². The van der Waals surface area contributed by atoms with E-state index in [9.17, 15) is 9.59 Å². The number of ether oxygens (including phenoxy) is 3. The number of hydrogen-bond donors (Lipinski definition) is 0. The highest BCUT2D eigenvalue weighted by molar-refractivity contribution is 6.00. The number of methoxy groups -OCH3 is 3. The molecule has 112 valence electrons. The average Bonchev–Trinajstić information content (AvgIpc) is 2.48. The molecule has 0 aromatic heterocycles. The molecule has 0 amide bonds. The minimum atomic E-state index is -1.42. The van der Waals surface area contributed by atoms with E-state index in [0.29, 0.717) is 13.0 Å². The molecule has 5 heteroatoms. The fourth-order valence-corrected chi connectivity index (χ4v) is 1.64. The van der Waals surface area contributed by atoms with Crippen molar-refractivity contribution in [1.82, 2.24) is 0 Å². The highest BCUT2D eigenvalue weighted by Crippen LogP contribution is 2.30. The van der Waals surface area contributed by atoms with Crippen LogP contribution < -0.4 is 0 Å². The predicted octanol–water partition coefficient (Wildman–Crippen LogP) is 1.71. The van der Waals surface area contributed by atoms with Gasteiger partial charge >= 0.3 is 11.9 Å². The Morgan fingerprint density at radius 3 is 2.10 bits per heavy atom. The van der Waals surface area contributed by atoms with E-state index in [-0.39, 0.29) is 12.8 Å². The summed E-state index contributed by atoms with van der Waals surface area (Å²) in [5, 5.41) is 0. The Morgan fingerprint density at radius 1 is 1.05 bits per heavy atom. The summed E-state index contributed by atoms with van der Waals surface area (Å²) >= 11 is 0. The SMILES string of the molecule is CCC#CCC(C/C=C/COC)(C(=O)OC)C(=O)OC. The lowest BCUT2D eigenvalue weighted by Gasteiger charge is -2.24. The van der Waals surface area contributed by atoms with Crippen LogP contribution in [0.2, 0.25) is 0 Å². The Kier molecular flexibility index (Phi) is 9.14. The van der Waals surface area contributed by atoms with Crippen molar-refractivity contribution in [3.8, 4) is 11.8 Å². The van der Waals surface area contributed by atoms with Crippen LogP contribution in [0.1, 0.15) is 26.2 Å². The van der Waals surface area contributed by atoms with Gasteiger partial charge in [-0.05, 0) is 6.42 Å². The van der Waals surface area contributed by atoms with Gasteiger partial charge in [0.1, 0.15) is 0 Å². The number of hydrogen-bond acceptors (Lipinski definition) is 5. The molecule has 0 saturated heterocycles. The van der Waals surface area contributed by atoms with Crippen LogP contribution in [0.5, 0.6) is 0 Å². The monoisotopic (exact) mass is 282 g/mol. The molecule has 0 aliphatic heterocycles. The normalized spacial score (nSPS) is 10.8. The molecule has 0 unspecified atom stereocenters. The van der Waals surface area contributed by atoms with Crippen LogP contribution >= 0.6 is 0 Å². The summed E-state index contributed by atoms with van der Waals surface area (Å²) in [6, 6.07) is 0. The molecule has 0 spiro atoms. The van der Waals surface area contributed by atoms with Crippen LogP contribution in [0.3, 0.4) is 0 Å². The molecular formula is C15H22O5. The van der Waals surface area contributed by atoms with Crippen molar-refractivity contribution in [2.45, 2.75) is 26.2 Å². The van der Waals surface area contributed by atoms with E-state index in [2.05, 4.69) is 11.8 Å². The second-order valence-electron chi connectivity index (χ2n) is 4.08. The lowest BCUT2D eigenvalue weighted by atomic mass is 9.81. The lowest BCUT2D eigenvalue weighted by Crippen LogP contribution is -2.40. The Labute approximate surface area is 120 Å². The maximum Gasteiger partial charge on any atom is 0.324 e. The third-order valence-electron chi connectivity index (χ3n) is 2.74. The zero-order valence-corrected chi connectivity index (χ0v) is 12.5. The van der Waals surface area contributed by atoms with Gasteiger partial charge in [0.25, 0.3) is 0 Å². The van der Waals surface area contributed by atoms with Gasteiger partial charge in [0.2, 0.25) is 0 Å². The molecule has 0 aromatic rings. The Morgan fingerprint density at radius 2 is 1.65 bits per heavy atom. The molecule has 0 aliphatic carbocycles. The Balaban J connectivity index is 5.31. The molecule has 0 saturated carbocycles. The predicted molar refractivity (Wildman–Crippen MR) is 74.8 cm³/mol. The molecule has 5 nitrogen and oxygen atoms in total. The van der Waals surface area contributed by atoms with Gasteiger partial charge in [-0.1, -0.05) is 19.1 Å². The maximum atomic E-state index is 12.0. The van der Waals surface area contributed by atoms with Gasteiger partial charge in [-0.25, -0.2) is 0 Å². The van der Waals surface area contributed by atoms with Crippen LogP contribution in [-0.2, 0) is 23.8 Å². The second-order valence-corrected chi connectivity index (χ2v) is 4.08. The van der Waals surface area contributed by atoms with Crippen LogP contribution in [0.25, 0.3) is 0 Å². The first-order valence-corrected chi connectivity index (χ1v) is 6.35. The third kappa shape index (κ3) is 5.06. The molecule has 0 rings (SSSR count). The van der Waals surface area contributed by atoms with Gasteiger partial charge in [-0.2, -0.15) is 0 Å². The summed E-state index contributed by atoms with van der Waals surface area (Å²) in [5.74, 6) is 4.40. The second kappa shape index (κ2) is 10.0. The first-order chi connectivity index (χ1) is 9.58. The van der Waals surface area contributed by atoms with Gasteiger partial charge in [0.05, 0.1) is 20.8 Å². The zero-order chi connectivity index (χ0) is 15.4. The molecule has 0 bridgehead atoms. The molecule has 0 aliphatic rings. The van der Waals surface area contributed by atoms with E-state index < -0.39 is 17.4 Å². The van der Waals surface area contributed by atoms with Gasteiger partial charge in [-0.3, -0.25) is 9.59 Å². The number of rotatable bonds is 7. The summed E-state index contributed by atoms with van der Waals surface area (Å²) in [7, 11) is 4.04. The smallest absolute Gasteiger partial charge is 0.324 e. The highest BCUT2D eigenvalue weighted by atomic mass is 16.5. The van der Waals surface area contributed by atoms with Crippen molar-refractivity contribution in [1.29, 1.82) is 0 Å². The van der Waals surface area contributed by atoms with Gasteiger partial charge in [0, 0.05) is 20.0 Å². The first kappa shape index (κ1) is 18.2. The molecule has 20 heavy (non-hydrogen) atoms. The van der Waals surface area contributed by atoms with Gasteiger partial charge in [-0.15, -0.1) is 11.8 Å². The molecule has 0 atom stereocenters. The van der Waals surface area contributed by atoms with E-state index in [4.69, 9.17) is 14.2 Å². The molecule has 0 heterocycles. The van der Waals surface area contributed by atoms with Crippen LogP contribution in [-0.4, -0.2) is 39.9 Å². The van der Waals surface area contributed by atoms with Gasteiger partial charge < -0.3 is 14.2 Å². The fourth-order valence-electron chi connectivity index (χ4n) is 1.64. The van der Waals surface area contributed by atoms with Crippen molar-refractivity contribution < 1.29 is 23.8 Å². The topological polar surface area (TPSA) is 61.8 Å². The molecule has 0 radical (unpaired) electrons. The Hall–Kier alpha value is -1.80. The summed E-state index contributed by atoms with van der Waals surface area (Å²) < 4.78 is 14.4. The molecule has 0 aromatic carbocycles. The van der Waals surface area contributed by atoms with Crippen molar-refractivity contribution in [2.75, 3.05) is 27.9 Å². The summed E-state index contributed by atoms with van der Waals surface area (Å²) in [4.78, 5) is 24.1. The van der Waals surface area contributed by atoms with Crippen molar-refractivity contribution >= 4 is 11.9 Å². The quantitative estimate of drug-likeness (QED) is 0.308. The standard InChI is InChI=1S/C15H22O5/c1-5-6-7-10-15(13(16)19-3,14(17)20-4)11-8-9-12-18-2/h8-9H,5,10-12H2,1-4H3/b9-8+.